The van der Waals surface area contributed by atoms with Gasteiger partial charge in [-0.3, -0.25) is 25.7 Å². The van der Waals surface area contributed by atoms with Crippen molar-refractivity contribution in [2.24, 2.45) is 5.10 Å². The minimum atomic E-state index is -3.01. The van der Waals surface area contributed by atoms with Crippen LogP contribution in [0.1, 0.15) is 5.56 Å². The molecule has 2 aromatic carbocycles. The van der Waals surface area contributed by atoms with Gasteiger partial charge in [-0.2, -0.15) is 13.9 Å². The first kappa shape index (κ1) is 19.5. The molecule has 0 aromatic heterocycles. The highest BCUT2D eigenvalue weighted by molar-refractivity contribution is 5.82. The number of hydrogen-bond acceptors (Lipinski definition) is 8. The maximum absolute atomic E-state index is 12.3. The fourth-order valence-corrected chi connectivity index (χ4v) is 2.01. The van der Waals surface area contributed by atoms with E-state index in [2.05, 4.69) is 15.3 Å². The number of hydrazone groups is 1. The smallest absolute Gasteiger partial charge is 0.387 e. The number of benzene rings is 2. The molecule has 0 aliphatic carbocycles. The van der Waals surface area contributed by atoms with Gasteiger partial charge in [-0.15, -0.1) is 0 Å². The third kappa shape index (κ3) is 5.07. The summed E-state index contributed by atoms with van der Waals surface area (Å²) < 4.78 is 33.8. The Balaban J connectivity index is 2.20. The molecule has 12 heteroatoms. The largest absolute Gasteiger partial charge is 0.493 e. The monoisotopic (exact) mass is 382 g/mol. The van der Waals surface area contributed by atoms with Crippen LogP contribution in [0.5, 0.6) is 11.5 Å². The zero-order valence-corrected chi connectivity index (χ0v) is 13.7. The van der Waals surface area contributed by atoms with E-state index in [4.69, 9.17) is 4.74 Å². The summed E-state index contributed by atoms with van der Waals surface area (Å²) in [5.41, 5.74) is 1.80. The maximum atomic E-state index is 12.3. The molecular weight excluding hydrogens is 370 g/mol. The second-order valence-corrected chi connectivity index (χ2v) is 4.87. The minimum absolute atomic E-state index is 0.0422. The van der Waals surface area contributed by atoms with Gasteiger partial charge in [0.05, 0.1) is 29.2 Å². The second kappa shape index (κ2) is 8.51. The van der Waals surface area contributed by atoms with E-state index in [0.29, 0.717) is 5.56 Å². The van der Waals surface area contributed by atoms with E-state index in [1.807, 2.05) is 0 Å². The molecule has 0 saturated heterocycles. The van der Waals surface area contributed by atoms with Gasteiger partial charge in [-0.05, 0) is 29.8 Å². The molecule has 0 unspecified atom stereocenters. The van der Waals surface area contributed by atoms with E-state index in [-0.39, 0.29) is 17.2 Å². The number of non-ortho nitro benzene ring substituents is 1. The number of nitrogens with zero attached hydrogens (tertiary/aromatic N) is 3. The average molecular weight is 382 g/mol. The van der Waals surface area contributed by atoms with Crippen LogP contribution in [0.3, 0.4) is 0 Å². The van der Waals surface area contributed by atoms with Crippen LogP contribution in [0.2, 0.25) is 0 Å². The van der Waals surface area contributed by atoms with Crippen molar-refractivity contribution in [1.82, 2.24) is 0 Å². The average Bonchev–Trinajstić information content (AvgIpc) is 2.62. The van der Waals surface area contributed by atoms with Crippen LogP contribution in [-0.2, 0) is 0 Å². The van der Waals surface area contributed by atoms with Crippen molar-refractivity contribution in [3.05, 3.63) is 62.2 Å². The van der Waals surface area contributed by atoms with Gasteiger partial charge in [0.15, 0.2) is 11.5 Å². The lowest BCUT2D eigenvalue weighted by Gasteiger charge is -2.10. The van der Waals surface area contributed by atoms with Crippen LogP contribution in [0.25, 0.3) is 0 Å². The summed E-state index contributed by atoms with van der Waals surface area (Å²) >= 11 is 0. The van der Waals surface area contributed by atoms with Gasteiger partial charge in [0.25, 0.3) is 5.69 Å². The van der Waals surface area contributed by atoms with Gasteiger partial charge in [-0.25, -0.2) is 0 Å². The highest BCUT2D eigenvalue weighted by atomic mass is 19.3. The third-order valence-electron chi connectivity index (χ3n) is 3.19. The number of halogens is 2. The molecule has 1 N–H and O–H groups in total. The summed E-state index contributed by atoms with van der Waals surface area (Å²) in [6.07, 6.45) is 1.25. The number of ether oxygens (including phenoxy) is 2. The number of methoxy groups -OCH3 is 1. The molecule has 27 heavy (non-hydrogen) atoms. The molecular formula is C15H12F2N4O6. The van der Waals surface area contributed by atoms with Gasteiger partial charge >= 0.3 is 12.3 Å². The van der Waals surface area contributed by atoms with E-state index in [9.17, 15) is 29.0 Å². The molecule has 0 fully saturated rings. The number of nitro groups is 2. The van der Waals surface area contributed by atoms with Crippen molar-refractivity contribution in [2.45, 2.75) is 6.61 Å². The topological polar surface area (TPSA) is 129 Å². The molecule has 2 aromatic rings. The van der Waals surface area contributed by atoms with E-state index >= 15 is 0 Å². The van der Waals surface area contributed by atoms with Crippen LogP contribution >= 0.6 is 0 Å². The van der Waals surface area contributed by atoms with Gasteiger partial charge in [-0.1, -0.05) is 0 Å². The quantitative estimate of drug-likeness (QED) is 0.420. The summed E-state index contributed by atoms with van der Waals surface area (Å²) in [4.78, 5) is 20.2. The van der Waals surface area contributed by atoms with Crippen LogP contribution in [0.15, 0.2) is 41.5 Å². The molecule has 0 heterocycles. The van der Waals surface area contributed by atoms with Crippen molar-refractivity contribution in [3.63, 3.8) is 0 Å². The Labute approximate surface area is 150 Å². The van der Waals surface area contributed by atoms with Crippen LogP contribution in [0.4, 0.5) is 25.8 Å². The van der Waals surface area contributed by atoms with Crippen molar-refractivity contribution in [1.29, 1.82) is 0 Å². The third-order valence-corrected chi connectivity index (χ3v) is 3.19. The van der Waals surface area contributed by atoms with Crippen LogP contribution in [-0.4, -0.2) is 29.8 Å². The van der Waals surface area contributed by atoms with E-state index < -0.39 is 27.8 Å². The number of rotatable bonds is 8. The zero-order valence-electron chi connectivity index (χ0n) is 13.7. The minimum Gasteiger partial charge on any atom is -0.493 e. The van der Waals surface area contributed by atoms with Crippen LogP contribution < -0.4 is 14.9 Å². The summed E-state index contributed by atoms with van der Waals surface area (Å²) in [6, 6.07) is 7.07. The normalized spacial score (nSPS) is 10.8. The predicted octanol–water partition coefficient (Wildman–Crippen LogP) is 3.56. The number of alkyl halides is 2. The Bertz CT molecular complexity index is 891. The summed E-state index contributed by atoms with van der Waals surface area (Å²) in [5.74, 6) is -0.121. The fraction of sp³-hybridized carbons (Fsp3) is 0.133. The van der Waals surface area contributed by atoms with Gasteiger partial charge < -0.3 is 9.47 Å². The van der Waals surface area contributed by atoms with Crippen LogP contribution in [0, 0.1) is 20.2 Å². The molecule has 0 bridgehead atoms. The summed E-state index contributed by atoms with van der Waals surface area (Å²) in [5, 5.41) is 25.5. The molecule has 0 saturated carbocycles. The molecule has 2 rings (SSSR count). The fourth-order valence-electron chi connectivity index (χ4n) is 2.01. The molecule has 0 atom stereocenters. The first-order valence-corrected chi connectivity index (χ1v) is 7.16. The van der Waals surface area contributed by atoms with Crippen molar-refractivity contribution >= 4 is 23.3 Å². The lowest BCUT2D eigenvalue weighted by Crippen LogP contribution is -2.04. The highest BCUT2D eigenvalue weighted by Crippen LogP contribution is 2.30. The Morgan fingerprint density at radius 2 is 1.85 bits per heavy atom. The molecule has 142 valence electrons. The standard InChI is InChI=1S/C15H12F2N4O6/c1-26-14-6-9(2-5-13(14)27-15(16)17)8-18-19-11-4-3-10(20(22)23)7-12(11)21(24)25/h2-8,15,19H,1H3/b18-8+. The zero-order chi connectivity index (χ0) is 20.0. The molecule has 0 amide bonds. The van der Waals surface area contributed by atoms with E-state index in [0.717, 1.165) is 18.2 Å². The van der Waals surface area contributed by atoms with Gasteiger partial charge in [0.1, 0.15) is 5.69 Å². The lowest BCUT2D eigenvalue weighted by atomic mass is 10.2. The van der Waals surface area contributed by atoms with Crippen molar-refractivity contribution < 1.29 is 28.1 Å². The first-order chi connectivity index (χ1) is 12.8. The highest BCUT2D eigenvalue weighted by Gasteiger charge is 2.19. The Morgan fingerprint density at radius 3 is 2.44 bits per heavy atom. The molecule has 0 spiro atoms. The first-order valence-electron chi connectivity index (χ1n) is 7.16. The SMILES string of the molecule is COc1cc(/C=N/Nc2ccc([N+](=O)[O-])cc2[N+](=O)[O-])ccc1OC(F)F. The van der Waals surface area contributed by atoms with Crippen molar-refractivity contribution in [3.8, 4) is 11.5 Å². The molecule has 10 nitrogen and oxygen atoms in total. The Morgan fingerprint density at radius 1 is 1.11 bits per heavy atom. The van der Waals surface area contributed by atoms with E-state index in [1.54, 1.807) is 0 Å². The lowest BCUT2D eigenvalue weighted by molar-refractivity contribution is -0.393. The number of anilines is 1. The summed E-state index contributed by atoms with van der Waals surface area (Å²) in [6.45, 7) is -3.01. The van der Waals surface area contributed by atoms with Crippen molar-refractivity contribution in [2.75, 3.05) is 12.5 Å². The number of nitrogens with one attached hydrogen (secondary N) is 1. The summed E-state index contributed by atoms with van der Waals surface area (Å²) in [7, 11) is 1.27. The Hall–Kier alpha value is -3.83. The maximum Gasteiger partial charge on any atom is 0.387 e. The number of hydrogen-bond donors (Lipinski definition) is 1. The molecule has 0 aliphatic heterocycles. The Kier molecular flexibility index (Phi) is 6.14. The molecule has 0 radical (unpaired) electrons. The molecule has 0 aliphatic rings. The number of nitro benzene ring substituents is 2. The second-order valence-electron chi connectivity index (χ2n) is 4.87. The van der Waals surface area contributed by atoms with E-state index in [1.165, 1.54) is 31.5 Å². The van der Waals surface area contributed by atoms with Gasteiger partial charge in [0.2, 0.25) is 0 Å². The van der Waals surface area contributed by atoms with Gasteiger partial charge in [0, 0.05) is 6.07 Å². The predicted molar refractivity (Wildman–Crippen MR) is 90.6 cm³/mol.